The lowest BCUT2D eigenvalue weighted by atomic mass is 10.1. The van der Waals surface area contributed by atoms with E-state index in [1.165, 1.54) is 12.8 Å². The number of ether oxygens (including phenoxy) is 1. The van der Waals surface area contributed by atoms with Crippen molar-refractivity contribution in [2.45, 2.75) is 51.8 Å². The molecule has 1 aliphatic carbocycles. The fourth-order valence-corrected chi connectivity index (χ4v) is 3.06. The Morgan fingerprint density at radius 2 is 2.13 bits per heavy atom. The van der Waals surface area contributed by atoms with E-state index in [2.05, 4.69) is 26.6 Å². The maximum Gasteiger partial charge on any atom is 0.407 e. The average molecular weight is 404 g/mol. The molecule has 2 N–H and O–H groups in total. The zero-order chi connectivity index (χ0) is 17.0. The van der Waals surface area contributed by atoms with E-state index in [-0.39, 0.29) is 12.1 Å². The van der Waals surface area contributed by atoms with E-state index in [1.54, 1.807) is 0 Å². The second-order valence-electron chi connectivity index (χ2n) is 6.94. The molecule has 1 atom stereocenters. The highest BCUT2D eigenvalue weighted by molar-refractivity contribution is 9.10. The van der Waals surface area contributed by atoms with Gasteiger partial charge in [0.25, 0.3) is 0 Å². The first-order valence-electron chi connectivity index (χ1n) is 7.89. The molecule has 0 heterocycles. The van der Waals surface area contributed by atoms with Crippen molar-refractivity contribution in [3.8, 4) is 0 Å². The molecule has 0 radical (unpaired) electrons. The van der Waals surface area contributed by atoms with Crippen LogP contribution in [-0.4, -0.2) is 24.3 Å². The van der Waals surface area contributed by atoms with Crippen LogP contribution in [0.2, 0.25) is 5.02 Å². The van der Waals surface area contributed by atoms with Crippen molar-refractivity contribution in [1.29, 1.82) is 0 Å². The molecule has 1 fully saturated rings. The molecular weight excluding hydrogens is 380 g/mol. The lowest BCUT2D eigenvalue weighted by Crippen LogP contribution is -2.43. The van der Waals surface area contributed by atoms with Crippen LogP contribution in [0.3, 0.4) is 0 Å². The lowest BCUT2D eigenvalue weighted by Gasteiger charge is -2.23. The van der Waals surface area contributed by atoms with Gasteiger partial charge >= 0.3 is 6.09 Å². The third kappa shape index (κ3) is 6.69. The zero-order valence-corrected chi connectivity index (χ0v) is 16.1. The van der Waals surface area contributed by atoms with Gasteiger partial charge in [-0.3, -0.25) is 0 Å². The van der Waals surface area contributed by atoms with Crippen LogP contribution < -0.4 is 10.6 Å². The van der Waals surface area contributed by atoms with Crippen molar-refractivity contribution < 1.29 is 9.53 Å². The summed E-state index contributed by atoms with van der Waals surface area (Å²) in [5, 5.41) is 7.10. The minimum Gasteiger partial charge on any atom is -0.444 e. The summed E-state index contributed by atoms with van der Waals surface area (Å²) in [5.41, 5.74) is 0.579. The summed E-state index contributed by atoms with van der Waals surface area (Å²) in [7, 11) is 0. The molecule has 1 aliphatic rings. The van der Waals surface area contributed by atoms with Crippen LogP contribution in [0.25, 0.3) is 0 Å². The van der Waals surface area contributed by atoms with Crippen LogP contribution in [0.4, 0.5) is 4.79 Å². The summed E-state index contributed by atoms with van der Waals surface area (Å²) in [6.45, 7) is 6.83. The largest absolute Gasteiger partial charge is 0.444 e. The predicted molar refractivity (Wildman–Crippen MR) is 96.7 cm³/mol. The van der Waals surface area contributed by atoms with E-state index in [4.69, 9.17) is 16.3 Å². The minimum atomic E-state index is -0.475. The molecule has 0 bridgehead atoms. The molecule has 4 nitrogen and oxygen atoms in total. The number of amides is 1. The van der Waals surface area contributed by atoms with E-state index in [1.807, 2.05) is 39.0 Å². The van der Waals surface area contributed by atoms with Gasteiger partial charge in [0.2, 0.25) is 0 Å². The monoisotopic (exact) mass is 402 g/mol. The summed E-state index contributed by atoms with van der Waals surface area (Å²) in [4.78, 5) is 11.8. The summed E-state index contributed by atoms with van der Waals surface area (Å²) in [6, 6.07) is 6.12. The summed E-state index contributed by atoms with van der Waals surface area (Å²) < 4.78 is 6.25. The van der Waals surface area contributed by atoms with Crippen molar-refractivity contribution in [2.75, 3.05) is 6.54 Å². The molecule has 0 aromatic heterocycles. The molecule has 128 valence electrons. The van der Waals surface area contributed by atoms with Crippen LogP contribution in [-0.2, 0) is 11.3 Å². The molecule has 1 saturated carbocycles. The number of hydrogen-bond acceptors (Lipinski definition) is 3. The molecule has 1 amide bonds. The van der Waals surface area contributed by atoms with E-state index in [0.717, 1.165) is 15.1 Å². The van der Waals surface area contributed by atoms with E-state index >= 15 is 0 Å². The van der Waals surface area contributed by atoms with Gasteiger partial charge in [-0.15, -0.1) is 0 Å². The van der Waals surface area contributed by atoms with Gasteiger partial charge in [0.05, 0.1) is 0 Å². The second kappa shape index (κ2) is 7.86. The summed E-state index contributed by atoms with van der Waals surface area (Å²) in [5.74, 6) is 0.610. The third-order valence-corrected chi connectivity index (χ3v) is 4.47. The molecule has 0 spiro atoms. The first-order chi connectivity index (χ1) is 10.7. The number of alkyl carbamates (subject to hydrolysis) is 1. The first kappa shape index (κ1) is 18.6. The van der Waals surface area contributed by atoms with Gasteiger partial charge in [0, 0.05) is 28.6 Å². The fourth-order valence-electron chi connectivity index (χ4n) is 2.32. The highest BCUT2D eigenvalue weighted by Gasteiger charge is 2.31. The highest BCUT2D eigenvalue weighted by Crippen LogP contribution is 2.33. The molecule has 0 saturated heterocycles. The number of benzene rings is 1. The van der Waals surface area contributed by atoms with Gasteiger partial charge < -0.3 is 15.4 Å². The highest BCUT2D eigenvalue weighted by atomic mass is 79.9. The van der Waals surface area contributed by atoms with Crippen LogP contribution in [0.1, 0.15) is 39.2 Å². The first-order valence-corrected chi connectivity index (χ1v) is 9.06. The Morgan fingerprint density at radius 1 is 1.43 bits per heavy atom. The van der Waals surface area contributed by atoms with Crippen molar-refractivity contribution in [1.82, 2.24) is 10.6 Å². The van der Waals surface area contributed by atoms with Gasteiger partial charge in [0.15, 0.2) is 0 Å². The van der Waals surface area contributed by atoms with Gasteiger partial charge in [-0.1, -0.05) is 33.6 Å². The van der Waals surface area contributed by atoms with Gasteiger partial charge in [-0.2, -0.15) is 0 Å². The van der Waals surface area contributed by atoms with Gasteiger partial charge in [0.1, 0.15) is 5.60 Å². The Balaban J connectivity index is 1.83. The van der Waals surface area contributed by atoms with E-state index < -0.39 is 5.60 Å². The quantitative estimate of drug-likeness (QED) is 0.735. The number of nitrogens with one attached hydrogen (secondary N) is 2. The maximum absolute atomic E-state index is 11.8. The smallest absolute Gasteiger partial charge is 0.407 e. The number of rotatable bonds is 6. The number of carbonyl (C=O) groups is 1. The Labute approximate surface area is 151 Å². The van der Waals surface area contributed by atoms with Crippen LogP contribution in [0.15, 0.2) is 22.7 Å². The van der Waals surface area contributed by atoms with Crippen molar-refractivity contribution >= 4 is 33.6 Å². The van der Waals surface area contributed by atoms with Crippen LogP contribution in [0, 0.1) is 5.92 Å². The minimum absolute atomic E-state index is 0.238. The lowest BCUT2D eigenvalue weighted by molar-refractivity contribution is 0.0521. The molecule has 1 aromatic carbocycles. The van der Waals surface area contributed by atoms with Gasteiger partial charge in [-0.25, -0.2) is 4.79 Å². The summed E-state index contributed by atoms with van der Waals surface area (Å²) >= 11 is 9.66. The predicted octanol–water partition coefficient (Wildman–Crippen LogP) is 4.50. The van der Waals surface area contributed by atoms with Gasteiger partial charge in [-0.05, 0) is 57.2 Å². The Morgan fingerprint density at radius 3 is 2.70 bits per heavy atom. The molecule has 6 heteroatoms. The normalized spacial score (nSPS) is 16.0. The number of carbonyl (C=O) groups excluding carboxylic acids is 1. The SMILES string of the molecule is CC(C)(C)OC(=O)NCC(NCc1ccc(Br)cc1Cl)C1CC1. The standard InChI is InChI=1S/C17H24BrClN2O2/c1-17(2,3)23-16(22)21-10-15(11-4-5-11)20-9-12-6-7-13(18)8-14(12)19/h6-8,11,15,20H,4-5,9-10H2,1-3H3,(H,21,22). The third-order valence-electron chi connectivity index (χ3n) is 3.63. The van der Waals surface area contributed by atoms with Crippen molar-refractivity contribution in [2.24, 2.45) is 5.92 Å². The van der Waals surface area contributed by atoms with Crippen LogP contribution >= 0.6 is 27.5 Å². The Bertz CT molecular complexity index is 556. The Kier molecular flexibility index (Phi) is 6.34. The summed E-state index contributed by atoms with van der Waals surface area (Å²) in [6.07, 6.45) is 2.02. The van der Waals surface area contributed by atoms with Crippen molar-refractivity contribution in [3.05, 3.63) is 33.3 Å². The molecular formula is C17H24BrClN2O2. The fraction of sp³-hybridized carbons (Fsp3) is 0.588. The molecule has 1 aromatic rings. The average Bonchev–Trinajstić information content (AvgIpc) is 3.23. The zero-order valence-electron chi connectivity index (χ0n) is 13.8. The molecule has 1 unspecified atom stereocenters. The molecule has 23 heavy (non-hydrogen) atoms. The molecule has 2 rings (SSSR count). The topological polar surface area (TPSA) is 50.4 Å². The van der Waals surface area contributed by atoms with E-state index in [9.17, 15) is 4.79 Å². The number of hydrogen-bond donors (Lipinski definition) is 2. The Hall–Kier alpha value is -0.780. The molecule has 0 aliphatic heterocycles. The maximum atomic E-state index is 11.8. The van der Waals surface area contributed by atoms with Crippen LogP contribution in [0.5, 0.6) is 0 Å². The van der Waals surface area contributed by atoms with Crippen molar-refractivity contribution in [3.63, 3.8) is 0 Å². The second-order valence-corrected chi connectivity index (χ2v) is 8.27. The number of halogens is 2. The van der Waals surface area contributed by atoms with E-state index in [0.29, 0.717) is 19.0 Å².